The van der Waals surface area contributed by atoms with Gasteiger partial charge in [-0.15, -0.1) is 0 Å². The molecule has 2 aromatic rings. The third-order valence-electron chi connectivity index (χ3n) is 5.39. The molecule has 8 nitrogen and oxygen atoms in total. The minimum Gasteiger partial charge on any atom is -0.341 e. The zero-order valence-corrected chi connectivity index (χ0v) is 16.8. The summed E-state index contributed by atoms with van der Waals surface area (Å²) in [6, 6.07) is 5.38. The van der Waals surface area contributed by atoms with Crippen molar-refractivity contribution in [3.05, 3.63) is 41.3 Å². The summed E-state index contributed by atoms with van der Waals surface area (Å²) in [7, 11) is 0. The lowest BCUT2D eigenvalue weighted by Crippen LogP contribution is -2.42. The monoisotopic (exact) mass is 414 g/mol. The van der Waals surface area contributed by atoms with Crippen molar-refractivity contribution in [1.29, 1.82) is 0 Å². The predicted molar refractivity (Wildman–Crippen MR) is 110 cm³/mol. The molecule has 4 rings (SSSR count). The molecule has 2 fully saturated rings. The van der Waals surface area contributed by atoms with E-state index in [9.17, 15) is 9.59 Å². The zero-order valence-electron chi connectivity index (χ0n) is 16.1. The van der Waals surface area contributed by atoms with E-state index in [1.54, 1.807) is 23.2 Å². The van der Waals surface area contributed by atoms with Gasteiger partial charge in [-0.25, -0.2) is 15.0 Å². The van der Waals surface area contributed by atoms with Gasteiger partial charge >= 0.3 is 0 Å². The van der Waals surface area contributed by atoms with E-state index >= 15 is 0 Å². The van der Waals surface area contributed by atoms with Gasteiger partial charge in [0, 0.05) is 38.3 Å². The van der Waals surface area contributed by atoms with E-state index in [2.05, 4.69) is 25.2 Å². The molecule has 0 unspecified atom stereocenters. The van der Waals surface area contributed by atoms with Crippen LogP contribution in [-0.4, -0.2) is 57.8 Å². The third kappa shape index (κ3) is 4.48. The molecule has 0 aromatic carbocycles. The smallest absolute Gasteiger partial charge is 0.274 e. The number of aromatic nitrogens is 3. The molecule has 152 valence electrons. The molecule has 2 aliphatic heterocycles. The summed E-state index contributed by atoms with van der Waals surface area (Å²) >= 11 is 6.22. The van der Waals surface area contributed by atoms with E-state index in [0.717, 1.165) is 25.9 Å². The molecule has 0 bridgehead atoms. The number of amides is 2. The van der Waals surface area contributed by atoms with Crippen LogP contribution in [0.3, 0.4) is 0 Å². The Labute approximate surface area is 174 Å². The van der Waals surface area contributed by atoms with E-state index in [-0.39, 0.29) is 28.4 Å². The number of rotatable bonds is 4. The van der Waals surface area contributed by atoms with Crippen LogP contribution in [0.25, 0.3) is 0 Å². The quantitative estimate of drug-likeness (QED) is 0.826. The highest BCUT2D eigenvalue weighted by Crippen LogP contribution is 2.24. The highest BCUT2D eigenvalue weighted by atomic mass is 35.5. The molecule has 4 heterocycles. The molecule has 2 aliphatic rings. The fourth-order valence-electron chi connectivity index (χ4n) is 3.74. The van der Waals surface area contributed by atoms with Crippen LogP contribution in [0.2, 0.25) is 5.02 Å². The highest BCUT2D eigenvalue weighted by Gasteiger charge is 2.30. The van der Waals surface area contributed by atoms with Gasteiger partial charge in [0.25, 0.3) is 5.91 Å². The highest BCUT2D eigenvalue weighted by molar-refractivity contribution is 6.33. The average molecular weight is 415 g/mol. The molecule has 2 saturated heterocycles. The van der Waals surface area contributed by atoms with Gasteiger partial charge in [0.2, 0.25) is 11.9 Å². The number of piperidine rings is 1. The minimum atomic E-state index is -0.207. The van der Waals surface area contributed by atoms with Gasteiger partial charge in [-0.05, 0) is 37.8 Å². The molecule has 0 radical (unpaired) electrons. The fraction of sp³-hybridized carbons (Fsp3) is 0.450. The number of halogens is 1. The van der Waals surface area contributed by atoms with Crippen LogP contribution < -0.4 is 10.2 Å². The van der Waals surface area contributed by atoms with Crippen LogP contribution in [0.1, 0.15) is 36.2 Å². The number of hydrogen-bond acceptors (Lipinski definition) is 6. The number of nitrogens with zero attached hydrogens (tertiary/aromatic N) is 5. The molecule has 0 aliphatic carbocycles. The Bertz CT molecular complexity index is 880. The summed E-state index contributed by atoms with van der Waals surface area (Å²) < 4.78 is 0. The van der Waals surface area contributed by atoms with Gasteiger partial charge in [0.15, 0.2) is 5.69 Å². The molecule has 0 saturated carbocycles. The molecule has 9 heteroatoms. The van der Waals surface area contributed by atoms with E-state index in [1.165, 1.54) is 6.20 Å². The lowest BCUT2D eigenvalue weighted by molar-refractivity contribution is -0.121. The van der Waals surface area contributed by atoms with Crippen molar-refractivity contribution in [2.75, 3.05) is 36.4 Å². The molecule has 1 N–H and O–H groups in total. The van der Waals surface area contributed by atoms with Crippen LogP contribution >= 0.6 is 11.6 Å². The summed E-state index contributed by atoms with van der Waals surface area (Å²) in [5.74, 6) is 0.675. The van der Waals surface area contributed by atoms with Gasteiger partial charge in [-0.2, -0.15) is 0 Å². The first-order valence-corrected chi connectivity index (χ1v) is 10.3. The molecular formula is C20H23ClN6O2. The maximum Gasteiger partial charge on any atom is 0.274 e. The number of carbonyl (C=O) groups is 2. The molecule has 0 atom stereocenters. The number of anilines is 2. The standard InChI is InChI=1S/C20H23ClN6O2/c21-15-13-23-20(27-9-3-4-10-27)25-17(15)19(29)26-11-6-14(7-12-26)18(28)24-16-5-1-2-8-22-16/h1-2,5,8,13-14H,3-4,6-7,9-12H2,(H,22,24,28). The Morgan fingerprint density at radius 3 is 2.52 bits per heavy atom. The maximum absolute atomic E-state index is 13.0. The Morgan fingerprint density at radius 1 is 1.07 bits per heavy atom. The average Bonchev–Trinajstić information content (AvgIpc) is 3.29. The van der Waals surface area contributed by atoms with Crippen molar-refractivity contribution < 1.29 is 9.59 Å². The second-order valence-electron chi connectivity index (χ2n) is 7.33. The Balaban J connectivity index is 1.37. The lowest BCUT2D eigenvalue weighted by atomic mass is 9.95. The SMILES string of the molecule is O=C(Nc1ccccn1)C1CCN(C(=O)c2nc(N3CCCC3)ncc2Cl)CC1. The predicted octanol–water partition coefficient (Wildman–Crippen LogP) is 2.62. The van der Waals surface area contributed by atoms with E-state index in [1.807, 2.05) is 6.07 Å². The van der Waals surface area contributed by atoms with Gasteiger partial charge in [-0.3, -0.25) is 9.59 Å². The summed E-state index contributed by atoms with van der Waals surface area (Å²) in [5.41, 5.74) is 0.236. The van der Waals surface area contributed by atoms with Crippen LogP contribution in [0.5, 0.6) is 0 Å². The largest absolute Gasteiger partial charge is 0.341 e. The van der Waals surface area contributed by atoms with Gasteiger partial charge in [-0.1, -0.05) is 17.7 Å². The minimum absolute atomic E-state index is 0.0628. The lowest BCUT2D eigenvalue weighted by Gasteiger charge is -2.31. The Kier molecular flexibility index (Phi) is 5.89. The molecule has 2 aromatic heterocycles. The molecule has 29 heavy (non-hydrogen) atoms. The molecule has 2 amide bonds. The van der Waals surface area contributed by atoms with Crippen molar-refractivity contribution >= 4 is 35.2 Å². The topological polar surface area (TPSA) is 91.3 Å². The van der Waals surface area contributed by atoms with Crippen molar-refractivity contribution in [3.63, 3.8) is 0 Å². The molecule has 0 spiro atoms. The Hall–Kier alpha value is -2.74. The number of pyridine rings is 1. The normalized spacial score (nSPS) is 17.4. The first-order valence-electron chi connectivity index (χ1n) is 9.90. The molecular weight excluding hydrogens is 392 g/mol. The summed E-state index contributed by atoms with van der Waals surface area (Å²) in [6.07, 6.45) is 6.52. The Morgan fingerprint density at radius 2 is 1.83 bits per heavy atom. The van der Waals surface area contributed by atoms with Gasteiger partial charge in [0.05, 0.1) is 11.2 Å². The number of carbonyl (C=O) groups excluding carboxylic acids is 2. The number of hydrogen-bond donors (Lipinski definition) is 1. The first-order chi connectivity index (χ1) is 14.1. The summed E-state index contributed by atoms with van der Waals surface area (Å²) in [5, 5.41) is 3.09. The van der Waals surface area contributed by atoms with Crippen molar-refractivity contribution in [1.82, 2.24) is 19.9 Å². The third-order valence-corrected chi connectivity index (χ3v) is 5.67. The summed E-state index contributed by atoms with van der Waals surface area (Å²) in [6.45, 7) is 2.76. The van der Waals surface area contributed by atoms with Crippen LogP contribution in [0.15, 0.2) is 30.6 Å². The van der Waals surface area contributed by atoms with E-state index < -0.39 is 0 Å². The van der Waals surface area contributed by atoms with Crippen LogP contribution in [-0.2, 0) is 4.79 Å². The summed E-state index contributed by atoms with van der Waals surface area (Å²) in [4.78, 5) is 42.1. The van der Waals surface area contributed by atoms with E-state index in [0.29, 0.717) is 37.7 Å². The van der Waals surface area contributed by atoms with Crippen LogP contribution in [0.4, 0.5) is 11.8 Å². The van der Waals surface area contributed by atoms with Crippen LogP contribution in [0, 0.1) is 5.92 Å². The fourth-order valence-corrected chi connectivity index (χ4v) is 3.91. The van der Waals surface area contributed by atoms with Crippen molar-refractivity contribution in [2.24, 2.45) is 5.92 Å². The number of nitrogens with one attached hydrogen (secondary N) is 1. The number of likely N-dealkylation sites (tertiary alicyclic amines) is 1. The first kappa shape index (κ1) is 19.6. The van der Waals surface area contributed by atoms with Gasteiger partial charge < -0.3 is 15.1 Å². The maximum atomic E-state index is 13.0. The van der Waals surface area contributed by atoms with Crippen molar-refractivity contribution in [3.8, 4) is 0 Å². The van der Waals surface area contributed by atoms with Gasteiger partial charge in [0.1, 0.15) is 5.82 Å². The van der Waals surface area contributed by atoms with Crippen molar-refractivity contribution in [2.45, 2.75) is 25.7 Å². The zero-order chi connectivity index (χ0) is 20.2. The van der Waals surface area contributed by atoms with E-state index in [4.69, 9.17) is 11.6 Å². The second-order valence-corrected chi connectivity index (χ2v) is 7.74. The second kappa shape index (κ2) is 8.73.